The Labute approximate surface area is 157 Å². The molecule has 7 heteroatoms. The number of hydrogen-bond acceptors (Lipinski definition) is 3. The van der Waals surface area contributed by atoms with Crippen LogP contribution in [0.15, 0.2) is 40.2 Å². The molecule has 23 heavy (non-hydrogen) atoms. The molecular weight excluding hydrogens is 425 g/mol. The molecule has 0 aliphatic carbocycles. The first-order valence-electron chi connectivity index (χ1n) is 7.90. The minimum Gasteiger partial charge on any atom is -0.357 e. The maximum atomic E-state index is 12.2. The highest BCUT2D eigenvalue weighted by atomic mass is 127. The summed E-state index contributed by atoms with van der Waals surface area (Å²) in [5.74, 6) is 0.734. The molecule has 0 fully saturated rings. The Morgan fingerprint density at radius 3 is 2.39 bits per heavy atom. The number of sulfone groups is 1. The summed E-state index contributed by atoms with van der Waals surface area (Å²) in [4.78, 5) is 4.81. The van der Waals surface area contributed by atoms with Gasteiger partial charge in [0.2, 0.25) is 0 Å². The third-order valence-electron chi connectivity index (χ3n) is 3.14. The van der Waals surface area contributed by atoms with Crippen LogP contribution >= 0.6 is 24.0 Å². The number of unbranched alkanes of at least 4 members (excludes halogenated alkanes) is 2. The Kier molecular flexibility index (Phi) is 12.1. The van der Waals surface area contributed by atoms with Gasteiger partial charge >= 0.3 is 0 Å². The number of nitrogens with one attached hydrogen (secondary N) is 2. The molecule has 0 aliphatic heterocycles. The van der Waals surface area contributed by atoms with E-state index in [1.807, 2.05) is 13.0 Å². The van der Waals surface area contributed by atoms with Crippen LogP contribution in [0.25, 0.3) is 0 Å². The third-order valence-corrected chi connectivity index (χ3v) is 4.87. The van der Waals surface area contributed by atoms with Crippen LogP contribution in [0.2, 0.25) is 0 Å². The molecule has 0 aromatic heterocycles. The van der Waals surface area contributed by atoms with E-state index in [2.05, 4.69) is 22.5 Å². The van der Waals surface area contributed by atoms with Crippen LogP contribution in [0.1, 0.15) is 33.1 Å². The van der Waals surface area contributed by atoms with Crippen molar-refractivity contribution in [3.05, 3.63) is 30.3 Å². The lowest BCUT2D eigenvalue weighted by atomic mass is 10.2. The average molecular weight is 453 g/mol. The van der Waals surface area contributed by atoms with Gasteiger partial charge in [-0.3, -0.25) is 4.99 Å². The topological polar surface area (TPSA) is 70.6 Å². The predicted molar refractivity (Wildman–Crippen MR) is 107 cm³/mol. The van der Waals surface area contributed by atoms with Crippen molar-refractivity contribution in [2.75, 3.05) is 25.4 Å². The zero-order chi connectivity index (χ0) is 16.3. The van der Waals surface area contributed by atoms with Gasteiger partial charge in [0.05, 0.1) is 10.6 Å². The quantitative estimate of drug-likeness (QED) is 0.261. The van der Waals surface area contributed by atoms with Crippen molar-refractivity contribution in [3.63, 3.8) is 0 Å². The molecule has 132 valence electrons. The first-order chi connectivity index (χ1) is 10.6. The summed E-state index contributed by atoms with van der Waals surface area (Å²) in [5, 5.41) is 6.21. The van der Waals surface area contributed by atoms with Crippen molar-refractivity contribution in [3.8, 4) is 0 Å². The molecule has 1 aromatic rings. The highest BCUT2D eigenvalue weighted by Crippen LogP contribution is 2.09. The van der Waals surface area contributed by atoms with E-state index < -0.39 is 9.84 Å². The number of aliphatic imine (C=N–C) groups is 1. The molecule has 0 atom stereocenters. The van der Waals surface area contributed by atoms with E-state index in [4.69, 9.17) is 0 Å². The zero-order valence-electron chi connectivity index (χ0n) is 13.9. The van der Waals surface area contributed by atoms with Gasteiger partial charge in [-0.25, -0.2) is 8.42 Å². The van der Waals surface area contributed by atoms with Crippen molar-refractivity contribution < 1.29 is 8.42 Å². The number of hydrogen-bond donors (Lipinski definition) is 2. The Hall–Kier alpha value is -0.830. The van der Waals surface area contributed by atoms with E-state index >= 15 is 0 Å². The molecule has 0 saturated carbocycles. The summed E-state index contributed by atoms with van der Waals surface area (Å²) in [6.07, 6.45) is 3.37. The molecule has 5 nitrogen and oxygen atoms in total. The fourth-order valence-corrected chi connectivity index (χ4v) is 3.12. The van der Waals surface area contributed by atoms with E-state index in [0.717, 1.165) is 32.4 Å². The van der Waals surface area contributed by atoms with Crippen LogP contribution in [-0.4, -0.2) is 39.8 Å². The summed E-state index contributed by atoms with van der Waals surface area (Å²) < 4.78 is 24.3. The second kappa shape index (κ2) is 12.6. The fraction of sp³-hybridized carbons (Fsp3) is 0.562. The molecule has 0 radical (unpaired) electrons. The maximum absolute atomic E-state index is 12.2. The number of benzene rings is 1. The van der Waals surface area contributed by atoms with Crippen LogP contribution < -0.4 is 10.6 Å². The molecular formula is C16H28IN3O2S. The van der Waals surface area contributed by atoms with Crippen LogP contribution in [-0.2, 0) is 9.84 Å². The molecule has 0 bridgehead atoms. The number of guanidine groups is 1. The summed E-state index contributed by atoms with van der Waals surface area (Å²) in [6, 6.07) is 8.53. The van der Waals surface area contributed by atoms with E-state index in [0.29, 0.717) is 17.4 Å². The summed E-state index contributed by atoms with van der Waals surface area (Å²) >= 11 is 0. The first kappa shape index (κ1) is 22.2. The second-order valence-corrected chi connectivity index (χ2v) is 7.14. The van der Waals surface area contributed by atoms with E-state index in [1.165, 1.54) is 0 Å². The normalized spacial score (nSPS) is 11.7. The van der Waals surface area contributed by atoms with Crippen molar-refractivity contribution in [1.29, 1.82) is 0 Å². The van der Waals surface area contributed by atoms with Crippen molar-refractivity contribution >= 4 is 39.8 Å². The number of halogens is 1. The van der Waals surface area contributed by atoms with Crippen LogP contribution in [0, 0.1) is 0 Å². The van der Waals surface area contributed by atoms with Gasteiger partial charge in [-0.2, -0.15) is 0 Å². The lowest BCUT2D eigenvalue weighted by molar-refractivity contribution is 0.594. The van der Waals surface area contributed by atoms with Gasteiger partial charge in [-0.15, -0.1) is 24.0 Å². The molecule has 0 amide bonds. The van der Waals surface area contributed by atoms with Crippen LogP contribution in [0.3, 0.4) is 0 Å². The smallest absolute Gasteiger partial charge is 0.191 e. The Bertz CT molecular complexity index is 548. The van der Waals surface area contributed by atoms with Gasteiger partial charge in [-0.1, -0.05) is 38.0 Å². The van der Waals surface area contributed by atoms with E-state index in [1.54, 1.807) is 24.3 Å². The molecule has 0 saturated heterocycles. The predicted octanol–water partition coefficient (Wildman–Crippen LogP) is 2.82. The van der Waals surface area contributed by atoms with Crippen LogP contribution in [0.5, 0.6) is 0 Å². The SMILES string of the molecule is CCCCCN=C(NCC)NCCS(=O)(=O)c1ccccc1.I. The average Bonchev–Trinajstić information content (AvgIpc) is 2.52. The van der Waals surface area contributed by atoms with Gasteiger partial charge in [0.1, 0.15) is 0 Å². The standard InChI is InChI=1S/C16H27N3O2S.HI/c1-3-5-9-12-18-16(17-4-2)19-13-14-22(20,21)15-10-7-6-8-11-15;/h6-8,10-11H,3-5,9,12-14H2,1-2H3,(H2,17,18,19);1H. The molecule has 0 spiro atoms. The van der Waals surface area contributed by atoms with Crippen molar-refractivity contribution in [2.24, 2.45) is 4.99 Å². The lowest BCUT2D eigenvalue weighted by Crippen LogP contribution is -2.39. The van der Waals surface area contributed by atoms with Crippen molar-refractivity contribution in [1.82, 2.24) is 10.6 Å². The van der Waals surface area contributed by atoms with Crippen molar-refractivity contribution in [2.45, 2.75) is 38.0 Å². The molecule has 0 unspecified atom stereocenters. The number of nitrogens with zero attached hydrogens (tertiary/aromatic N) is 1. The van der Waals surface area contributed by atoms with Gasteiger partial charge in [0.25, 0.3) is 0 Å². The third kappa shape index (κ3) is 9.14. The fourth-order valence-electron chi connectivity index (χ4n) is 1.94. The number of rotatable bonds is 9. The highest BCUT2D eigenvalue weighted by Gasteiger charge is 2.13. The molecule has 1 aromatic carbocycles. The Morgan fingerprint density at radius 2 is 1.78 bits per heavy atom. The highest BCUT2D eigenvalue weighted by molar-refractivity contribution is 14.0. The molecule has 2 N–H and O–H groups in total. The van der Waals surface area contributed by atoms with Gasteiger partial charge < -0.3 is 10.6 Å². The molecule has 0 aliphatic rings. The van der Waals surface area contributed by atoms with Gasteiger partial charge in [0, 0.05) is 19.6 Å². The van der Waals surface area contributed by atoms with Gasteiger partial charge in [-0.05, 0) is 25.5 Å². The molecule has 0 heterocycles. The molecule has 1 rings (SSSR count). The maximum Gasteiger partial charge on any atom is 0.191 e. The summed E-state index contributed by atoms with van der Waals surface area (Å²) in [5.41, 5.74) is 0. The van der Waals surface area contributed by atoms with Crippen LogP contribution in [0.4, 0.5) is 0 Å². The minimum absolute atomic E-state index is 0. The minimum atomic E-state index is -3.25. The van der Waals surface area contributed by atoms with E-state index in [9.17, 15) is 8.42 Å². The Morgan fingerprint density at radius 1 is 1.09 bits per heavy atom. The lowest BCUT2D eigenvalue weighted by Gasteiger charge is -2.11. The zero-order valence-corrected chi connectivity index (χ0v) is 17.1. The largest absolute Gasteiger partial charge is 0.357 e. The summed E-state index contributed by atoms with van der Waals surface area (Å²) in [6.45, 7) is 6.00. The first-order valence-corrected chi connectivity index (χ1v) is 9.55. The van der Waals surface area contributed by atoms with Gasteiger partial charge in [0.15, 0.2) is 15.8 Å². The summed E-state index contributed by atoms with van der Waals surface area (Å²) in [7, 11) is -3.25. The second-order valence-electron chi connectivity index (χ2n) is 5.03. The Balaban J connectivity index is 0.00000484. The van der Waals surface area contributed by atoms with E-state index in [-0.39, 0.29) is 29.7 Å². The monoisotopic (exact) mass is 453 g/mol.